The second-order valence-corrected chi connectivity index (χ2v) is 8.88. The lowest BCUT2D eigenvalue weighted by Gasteiger charge is -2.12. The van der Waals surface area contributed by atoms with Gasteiger partial charge in [0.05, 0.1) is 17.6 Å². The smallest absolute Gasteiger partial charge is 0.337 e. The van der Waals surface area contributed by atoms with Crippen LogP contribution in [0.25, 0.3) is 0 Å². The van der Waals surface area contributed by atoms with Gasteiger partial charge in [-0.15, -0.1) is 0 Å². The third kappa shape index (κ3) is 6.83. The van der Waals surface area contributed by atoms with E-state index in [9.17, 15) is 13.2 Å². The standard InChI is InChI=1S/C11H16O2S.C11H14O2/c1-4-9(2)10-7-5-6-8-11(10)14(3,12)13;1-8(2)9-5-4-6-10(7-9)11(12)13-3/h5-9H,4H2,1-3H3;4-8H,1-3H3. The first-order valence-electron chi connectivity index (χ1n) is 9.09. The van der Waals surface area contributed by atoms with E-state index in [1.165, 1.54) is 13.4 Å². The van der Waals surface area contributed by atoms with Crippen molar-refractivity contribution >= 4 is 15.8 Å². The number of esters is 1. The molecule has 0 N–H and O–H groups in total. The fourth-order valence-electron chi connectivity index (χ4n) is 2.59. The summed E-state index contributed by atoms with van der Waals surface area (Å²) in [5.41, 5.74) is 2.70. The Labute approximate surface area is 163 Å². The summed E-state index contributed by atoms with van der Waals surface area (Å²) < 4.78 is 27.6. The molecule has 27 heavy (non-hydrogen) atoms. The number of carbonyl (C=O) groups is 1. The van der Waals surface area contributed by atoms with Gasteiger partial charge in [0.1, 0.15) is 0 Å². The molecule has 0 bridgehead atoms. The number of methoxy groups -OCH3 is 1. The third-order valence-electron chi connectivity index (χ3n) is 4.44. The predicted octanol–water partition coefficient (Wildman–Crippen LogP) is 5.20. The molecular formula is C22H30O4S. The molecule has 4 nitrogen and oxygen atoms in total. The van der Waals surface area contributed by atoms with Gasteiger partial charge in [-0.3, -0.25) is 0 Å². The van der Waals surface area contributed by atoms with E-state index in [0.717, 1.165) is 17.5 Å². The van der Waals surface area contributed by atoms with Crippen molar-refractivity contribution < 1.29 is 17.9 Å². The Morgan fingerprint density at radius 3 is 2.19 bits per heavy atom. The summed E-state index contributed by atoms with van der Waals surface area (Å²) in [7, 11) is -1.70. The molecule has 5 heteroatoms. The van der Waals surface area contributed by atoms with Gasteiger partial charge in [0.25, 0.3) is 0 Å². The minimum atomic E-state index is -3.09. The van der Waals surface area contributed by atoms with Gasteiger partial charge < -0.3 is 4.74 Å². The van der Waals surface area contributed by atoms with Crippen molar-refractivity contribution in [3.8, 4) is 0 Å². The highest BCUT2D eigenvalue weighted by molar-refractivity contribution is 7.90. The Morgan fingerprint density at radius 1 is 1.04 bits per heavy atom. The van der Waals surface area contributed by atoms with Crippen LogP contribution in [0.15, 0.2) is 53.4 Å². The lowest BCUT2D eigenvalue weighted by molar-refractivity contribution is 0.0600. The molecule has 0 radical (unpaired) electrons. The predicted molar refractivity (Wildman–Crippen MR) is 110 cm³/mol. The molecule has 0 aliphatic rings. The topological polar surface area (TPSA) is 60.4 Å². The van der Waals surface area contributed by atoms with E-state index in [1.807, 2.05) is 37.3 Å². The number of ether oxygens (including phenoxy) is 1. The molecule has 1 atom stereocenters. The van der Waals surface area contributed by atoms with E-state index >= 15 is 0 Å². The van der Waals surface area contributed by atoms with Gasteiger partial charge in [0.2, 0.25) is 0 Å². The molecule has 0 aromatic heterocycles. The van der Waals surface area contributed by atoms with Crippen LogP contribution in [0.2, 0.25) is 0 Å². The van der Waals surface area contributed by atoms with Crippen LogP contribution in [-0.2, 0) is 14.6 Å². The molecule has 0 amide bonds. The first kappa shape index (κ1) is 22.9. The second kappa shape index (κ2) is 10.3. The highest BCUT2D eigenvalue weighted by Crippen LogP contribution is 2.25. The monoisotopic (exact) mass is 390 g/mol. The molecule has 0 spiro atoms. The van der Waals surface area contributed by atoms with Crippen LogP contribution >= 0.6 is 0 Å². The van der Waals surface area contributed by atoms with Gasteiger partial charge >= 0.3 is 5.97 Å². The van der Waals surface area contributed by atoms with E-state index in [4.69, 9.17) is 0 Å². The van der Waals surface area contributed by atoms with Crippen LogP contribution in [0, 0.1) is 0 Å². The van der Waals surface area contributed by atoms with E-state index in [0.29, 0.717) is 22.3 Å². The number of hydrogen-bond donors (Lipinski definition) is 0. The lowest BCUT2D eigenvalue weighted by atomic mass is 9.99. The molecule has 0 fully saturated rings. The van der Waals surface area contributed by atoms with Crippen molar-refractivity contribution in [2.24, 2.45) is 0 Å². The number of carbonyl (C=O) groups excluding carboxylic acids is 1. The molecule has 148 valence electrons. The molecule has 2 rings (SSSR count). The zero-order chi connectivity index (χ0) is 20.6. The van der Waals surface area contributed by atoms with E-state index < -0.39 is 9.84 Å². The Hall–Kier alpha value is -2.14. The molecule has 0 saturated carbocycles. The van der Waals surface area contributed by atoms with Crippen LogP contribution < -0.4 is 0 Å². The second-order valence-electron chi connectivity index (χ2n) is 6.89. The van der Waals surface area contributed by atoms with Crippen LogP contribution in [0.1, 0.15) is 67.4 Å². The van der Waals surface area contributed by atoms with Crippen molar-refractivity contribution in [2.75, 3.05) is 13.4 Å². The van der Waals surface area contributed by atoms with Crippen LogP contribution in [0.3, 0.4) is 0 Å². The first-order valence-corrected chi connectivity index (χ1v) is 11.0. The lowest BCUT2D eigenvalue weighted by Crippen LogP contribution is -2.04. The largest absolute Gasteiger partial charge is 0.465 e. The molecule has 0 aliphatic carbocycles. The SMILES string of the molecule is CCC(C)c1ccccc1S(C)(=O)=O.COC(=O)c1cccc(C(C)C)c1. The Morgan fingerprint density at radius 2 is 1.67 bits per heavy atom. The van der Waals surface area contributed by atoms with Crippen molar-refractivity contribution in [3.63, 3.8) is 0 Å². The Balaban J connectivity index is 0.000000271. The summed E-state index contributed by atoms with van der Waals surface area (Å²) in [5, 5.41) is 0. The number of hydrogen-bond acceptors (Lipinski definition) is 4. The number of rotatable bonds is 5. The third-order valence-corrected chi connectivity index (χ3v) is 5.61. The molecule has 2 aromatic rings. The maximum absolute atomic E-state index is 11.5. The van der Waals surface area contributed by atoms with Crippen molar-refractivity contribution in [1.82, 2.24) is 0 Å². The van der Waals surface area contributed by atoms with E-state index in [-0.39, 0.29) is 5.97 Å². The fraction of sp³-hybridized carbons (Fsp3) is 0.409. The normalized spacial score (nSPS) is 12.1. The van der Waals surface area contributed by atoms with Gasteiger partial charge in [-0.1, -0.05) is 58.0 Å². The maximum atomic E-state index is 11.5. The molecule has 2 aromatic carbocycles. The Bertz CT molecular complexity index is 854. The van der Waals surface area contributed by atoms with Crippen molar-refractivity contribution in [3.05, 3.63) is 65.2 Å². The summed E-state index contributed by atoms with van der Waals surface area (Å²) >= 11 is 0. The zero-order valence-electron chi connectivity index (χ0n) is 17.0. The summed E-state index contributed by atoms with van der Waals surface area (Å²) in [6.07, 6.45) is 2.21. The highest BCUT2D eigenvalue weighted by Gasteiger charge is 2.15. The van der Waals surface area contributed by atoms with E-state index in [2.05, 4.69) is 25.5 Å². The average molecular weight is 391 g/mol. The molecular weight excluding hydrogens is 360 g/mol. The van der Waals surface area contributed by atoms with Crippen LogP contribution in [-0.4, -0.2) is 27.8 Å². The molecule has 0 aliphatic heterocycles. The van der Waals surface area contributed by atoms with E-state index in [1.54, 1.807) is 18.2 Å². The number of benzene rings is 2. The van der Waals surface area contributed by atoms with Crippen LogP contribution in [0.4, 0.5) is 0 Å². The van der Waals surface area contributed by atoms with Crippen molar-refractivity contribution in [1.29, 1.82) is 0 Å². The first-order chi connectivity index (χ1) is 12.6. The van der Waals surface area contributed by atoms with Crippen LogP contribution in [0.5, 0.6) is 0 Å². The summed E-state index contributed by atoms with van der Waals surface area (Å²) in [5.74, 6) is 0.452. The van der Waals surface area contributed by atoms with Gasteiger partial charge in [-0.2, -0.15) is 0 Å². The number of sulfone groups is 1. The van der Waals surface area contributed by atoms with Gasteiger partial charge in [-0.05, 0) is 47.6 Å². The van der Waals surface area contributed by atoms with Gasteiger partial charge in [0.15, 0.2) is 9.84 Å². The molecule has 1 unspecified atom stereocenters. The highest BCUT2D eigenvalue weighted by atomic mass is 32.2. The fourth-order valence-corrected chi connectivity index (χ4v) is 3.61. The summed E-state index contributed by atoms with van der Waals surface area (Å²) in [6.45, 7) is 8.29. The quantitative estimate of drug-likeness (QED) is 0.658. The Kier molecular flexibility index (Phi) is 8.70. The van der Waals surface area contributed by atoms with Crippen molar-refractivity contribution in [2.45, 2.75) is 50.8 Å². The molecule has 0 saturated heterocycles. The maximum Gasteiger partial charge on any atom is 0.337 e. The summed E-state index contributed by atoms with van der Waals surface area (Å²) in [4.78, 5) is 11.6. The summed E-state index contributed by atoms with van der Waals surface area (Å²) in [6, 6.07) is 14.7. The zero-order valence-corrected chi connectivity index (χ0v) is 17.8. The minimum absolute atomic E-state index is 0.275. The average Bonchev–Trinajstić information content (AvgIpc) is 2.66. The van der Waals surface area contributed by atoms with Gasteiger partial charge in [0, 0.05) is 6.26 Å². The minimum Gasteiger partial charge on any atom is -0.465 e. The molecule has 0 heterocycles. The van der Waals surface area contributed by atoms with Gasteiger partial charge in [-0.25, -0.2) is 13.2 Å².